The van der Waals surface area contributed by atoms with E-state index in [0.29, 0.717) is 36.0 Å². The first-order valence-electron chi connectivity index (χ1n) is 18.7. The molecule has 3 saturated carbocycles. The van der Waals surface area contributed by atoms with E-state index in [9.17, 15) is 25.0 Å². The summed E-state index contributed by atoms with van der Waals surface area (Å²) in [5.74, 6) is 10.3. The molecular formula is C42H52N2O6. The number of allylic oxidation sites excluding steroid dienone is 1. The number of benzene rings is 2. The van der Waals surface area contributed by atoms with Gasteiger partial charge in [0, 0.05) is 23.6 Å². The quantitative estimate of drug-likeness (QED) is 0.113. The monoisotopic (exact) mass is 680 g/mol. The van der Waals surface area contributed by atoms with Crippen molar-refractivity contribution in [3.63, 3.8) is 0 Å². The first kappa shape index (κ1) is 35.8. The lowest BCUT2D eigenvalue weighted by atomic mass is 9.46. The van der Waals surface area contributed by atoms with E-state index >= 15 is 0 Å². The number of hydrogen-bond acceptors (Lipinski definition) is 6. The van der Waals surface area contributed by atoms with Crippen LogP contribution in [0.4, 0.5) is 11.4 Å². The summed E-state index contributed by atoms with van der Waals surface area (Å²) in [6.07, 6.45) is 11.5. The Kier molecular flexibility index (Phi) is 10.3. The first-order chi connectivity index (χ1) is 23.8. The largest absolute Gasteiger partial charge is 0.458 e. The number of ether oxygens (including phenoxy) is 1. The lowest BCUT2D eigenvalue weighted by Crippen LogP contribution is -2.51. The fourth-order valence-corrected chi connectivity index (χ4v) is 10.9. The molecule has 8 atom stereocenters. The summed E-state index contributed by atoms with van der Waals surface area (Å²) in [4.78, 5) is 34.9. The molecule has 8 nitrogen and oxygen atoms in total. The zero-order valence-electron chi connectivity index (χ0n) is 30.3. The third-order valence-corrected chi connectivity index (χ3v) is 13.4. The fourth-order valence-electron chi connectivity index (χ4n) is 10.9. The van der Waals surface area contributed by atoms with Crippen molar-refractivity contribution in [1.82, 2.24) is 0 Å². The van der Waals surface area contributed by atoms with E-state index < -0.39 is 33.3 Å². The van der Waals surface area contributed by atoms with Crippen LogP contribution >= 0.6 is 0 Å². The van der Waals surface area contributed by atoms with Gasteiger partial charge >= 0.3 is 5.97 Å². The summed E-state index contributed by atoms with van der Waals surface area (Å²) in [6.45, 7) is 12.2. The van der Waals surface area contributed by atoms with E-state index in [-0.39, 0.29) is 11.0 Å². The van der Waals surface area contributed by atoms with Gasteiger partial charge in [-0.3, -0.25) is 20.2 Å². The molecule has 2 aromatic carbocycles. The molecule has 266 valence electrons. The summed E-state index contributed by atoms with van der Waals surface area (Å²) >= 11 is 0. The smallest absolute Gasteiger partial charge is 0.345 e. The predicted molar refractivity (Wildman–Crippen MR) is 194 cm³/mol. The highest BCUT2D eigenvalue weighted by atomic mass is 16.6. The van der Waals surface area contributed by atoms with Gasteiger partial charge in [0.05, 0.1) is 15.9 Å². The van der Waals surface area contributed by atoms with Crippen LogP contribution < -0.4 is 0 Å². The van der Waals surface area contributed by atoms with E-state index in [1.165, 1.54) is 56.1 Å². The summed E-state index contributed by atoms with van der Waals surface area (Å²) in [7, 11) is 0. The minimum Gasteiger partial charge on any atom is -0.458 e. The lowest BCUT2D eigenvalue weighted by Gasteiger charge is -2.59. The summed E-state index contributed by atoms with van der Waals surface area (Å²) in [5, 5.41) is 23.0. The Bertz CT molecular complexity index is 1720. The Labute approximate surface area is 296 Å². The van der Waals surface area contributed by atoms with E-state index in [4.69, 9.17) is 4.74 Å². The normalized spacial score (nSPS) is 30.7. The van der Waals surface area contributed by atoms with Crippen molar-refractivity contribution < 1.29 is 19.4 Å². The van der Waals surface area contributed by atoms with Crippen molar-refractivity contribution in [2.45, 2.75) is 111 Å². The van der Waals surface area contributed by atoms with Crippen LogP contribution in [0.3, 0.4) is 0 Å². The molecule has 0 aromatic heterocycles. The summed E-state index contributed by atoms with van der Waals surface area (Å²) in [5.41, 5.74) is 2.39. The van der Waals surface area contributed by atoms with Gasteiger partial charge in [0.15, 0.2) is 0 Å². The molecule has 0 heterocycles. The van der Waals surface area contributed by atoms with Crippen LogP contribution in [0.1, 0.15) is 121 Å². The topological polar surface area (TPSA) is 113 Å². The molecule has 2 aromatic rings. The highest BCUT2D eigenvalue weighted by Crippen LogP contribution is 2.68. The van der Waals surface area contributed by atoms with E-state index in [1.807, 2.05) is 30.3 Å². The van der Waals surface area contributed by atoms with E-state index in [2.05, 4.69) is 46.5 Å². The van der Waals surface area contributed by atoms with Crippen LogP contribution in [0, 0.1) is 78.4 Å². The maximum Gasteiger partial charge on any atom is 0.345 e. The maximum atomic E-state index is 13.4. The van der Waals surface area contributed by atoms with Crippen molar-refractivity contribution in [2.75, 3.05) is 0 Å². The second-order valence-corrected chi connectivity index (χ2v) is 16.6. The molecule has 0 spiro atoms. The number of non-ortho nitro benzene ring substituents is 1. The Hall–Kier alpha value is -3.99. The molecule has 0 radical (unpaired) electrons. The maximum absolute atomic E-state index is 13.4. The van der Waals surface area contributed by atoms with Crippen LogP contribution in [-0.2, 0) is 4.74 Å². The molecule has 6 rings (SSSR count). The van der Waals surface area contributed by atoms with Gasteiger partial charge in [0.1, 0.15) is 11.7 Å². The molecule has 8 heteroatoms. The Morgan fingerprint density at radius 2 is 1.66 bits per heavy atom. The van der Waals surface area contributed by atoms with Crippen molar-refractivity contribution in [3.05, 3.63) is 91.0 Å². The molecule has 3 fully saturated rings. The van der Waals surface area contributed by atoms with Crippen LogP contribution in [0.25, 0.3) is 0 Å². The van der Waals surface area contributed by atoms with Gasteiger partial charge in [-0.15, -0.1) is 0 Å². The molecule has 0 saturated heterocycles. The Balaban J connectivity index is 1.29. The molecule has 8 unspecified atom stereocenters. The summed E-state index contributed by atoms with van der Waals surface area (Å²) < 4.78 is 5.99. The minimum atomic E-state index is -0.820. The van der Waals surface area contributed by atoms with Gasteiger partial charge in [-0.2, -0.15) is 0 Å². The number of rotatable bonds is 9. The second kappa shape index (κ2) is 14.3. The number of nitrogens with zero attached hydrogens (tertiary/aromatic N) is 2. The molecule has 0 N–H and O–H groups in total. The molecule has 4 aliphatic carbocycles. The van der Waals surface area contributed by atoms with Gasteiger partial charge in [-0.05, 0) is 115 Å². The predicted octanol–water partition coefficient (Wildman–Crippen LogP) is 10.5. The SMILES string of the molecule is CC(C)CCCC(C)C1CCC2C3CC(C#Cc4ccccc4)=C4CC(OC(=O)c5ccc([N+](=O)[O-])cc5[N+](=O)[O-])CCC4(C)C3CCC12C. The Morgan fingerprint density at radius 1 is 0.900 bits per heavy atom. The van der Waals surface area contributed by atoms with Crippen molar-refractivity contribution in [2.24, 2.45) is 46.3 Å². The van der Waals surface area contributed by atoms with Gasteiger partial charge in [0.25, 0.3) is 11.4 Å². The van der Waals surface area contributed by atoms with Crippen LogP contribution in [0.15, 0.2) is 59.7 Å². The number of fused-ring (bicyclic) bond motifs is 5. The van der Waals surface area contributed by atoms with E-state index in [0.717, 1.165) is 54.4 Å². The second-order valence-electron chi connectivity index (χ2n) is 16.6. The number of carbonyl (C=O) groups is 1. The summed E-state index contributed by atoms with van der Waals surface area (Å²) in [6, 6.07) is 13.1. The van der Waals surface area contributed by atoms with Crippen LogP contribution in [0.2, 0.25) is 0 Å². The number of esters is 1. The number of carbonyl (C=O) groups excluding carboxylic acids is 1. The van der Waals surface area contributed by atoms with Gasteiger partial charge in [-0.1, -0.05) is 83.9 Å². The minimum absolute atomic E-state index is 0.0613. The standard InChI is InChI=1S/C42H52N2O6/c1-27(2)10-9-11-28(3)35-18-19-36-34-24-30(15-14-29-12-7-6-8-13-29)38-26-32(20-22-42(38,5)37(34)21-23-41(35,36)4)50-40(45)33-17-16-31(43(46)47)25-39(33)44(48)49/h6-8,12-13,16-17,25,27-28,32,34-37H,9-11,18-24,26H2,1-5H3. The van der Waals surface area contributed by atoms with Crippen molar-refractivity contribution in [3.8, 4) is 11.8 Å². The lowest BCUT2D eigenvalue weighted by molar-refractivity contribution is -0.394. The van der Waals surface area contributed by atoms with Crippen LogP contribution in [0.5, 0.6) is 0 Å². The van der Waals surface area contributed by atoms with Gasteiger partial charge < -0.3 is 4.74 Å². The molecule has 0 bridgehead atoms. The highest BCUT2D eigenvalue weighted by molar-refractivity contribution is 5.94. The van der Waals surface area contributed by atoms with E-state index in [1.54, 1.807) is 0 Å². The zero-order chi connectivity index (χ0) is 35.8. The Morgan fingerprint density at radius 3 is 2.36 bits per heavy atom. The van der Waals surface area contributed by atoms with Crippen LogP contribution in [-0.4, -0.2) is 21.9 Å². The third kappa shape index (κ3) is 6.85. The molecule has 0 amide bonds. The molecule has 4 aliphatic rings. The molecular weight excluding hydrogens is 628 g/mol. The third-order valence-electron chi connectivity index (χ3n) is 13.4. The van der Waals surface area contributed by atoms with Gasteiger partial charge in [0.2, 0.25) is 0 Å². The number of nitro groups is 2. The number of nitro benzene ring substituents is 2. The fraction of sp³-hybridized carbons (Fsp3) is 0.595. The highest BCUT2D eigenvalue weighted by Gasteiger charge is 2.60. The van der Waals surface area contributed by atoms with Crippen molar-refractivity contribution >= 4 is 17.3 Å². The first-order valence-corrected chi connectivity index (χ1v) is 18.7. The average Bonchev–Trinajstić information content (AvgIpc) is 3.45. The molecule has 0 aliphatic heterocycles. The zero-order valence-corrected chi connectivity index (χ0v) is 30.3. The van der Waals surface area contributed by atoms with Gasteiger partial charge in [-0.25, -0.2) is 4.79 Å². The number of hydrogen-bond donors (Lipinski definition) is 0. The molecule has 50 heavy (non-hydrogen) atoms. The average molecular weight is 681 g/mol. The van der Waals surface area contributed by atoms with Crippen molar-refractivity contribution in [1.29, 1.82) is 0 Å².